The topological polar surface area (TPSA) is 83.8 Å². The number of amides is 1. The summed E-state index contributed by atoms with van der Waals surface area (Å²) in [5.41, 5.74) is 8.41. The molecule has 0 fully saturated rings. The van der Waals surface area contributed by atoms with Gasteiger partial charge in [0.2, 0.25) is 5.91 Å². The molecule has 0 bridgehead atoms. The molecule has 7 heteroatoms. The zero-order valence-electron chi connectivity index (χ0n) is 12.0. The smallest absolute Gasteiger partial charge is 0.241 e. The van der Waals surface area contributed by atoms with Crippen molar-refractivity contribution in [1.29, 1.82) is 0 Å². The maximum Gasteiger partial charge on any atom is 0.241 e. The van der Waals surface area contributed by atoms with Crippen molar-refractivity contribution in [2.45, 2.75) is 12.5 Å². The first-order chi connectivity index (χ1) is 11.0. The number of carbonyl (C=O) groups is 1. The third-order valence-corrected chi connectivity index (χ3v) is 4.22. The fourth-order valence-electron chi connectivity index (χ4n) is 2.27. The average Bonchev–Trinajstić information content (AvgIpc) is 2.98. The van der Waals surface area contributed by atoms with Crippen molar-refractivity contribution in [3.63, 3.8) is 0 Å². The minimum absolute atomic E-state index is 0.265. The van der Waals surface area contributed by atoms with Gasteiger partial charge in [-0.2, -0.15) is 5.10 Å². The summed E-state index contributed by atoms with van der Waals surface area (Å²) < 4.78 is 0. The third kappa shape index (κ3) is 3.64. The van der Waals surface area contributed by atoms with Crippen LogP contribution in [0.3, 0.4) is 0 Å². The standard InChI is InChI=1S/C16H14Cl2N4O/c17-12-3-1-9(5-13(12)18)6-14(19)16(23)21-11-2-4-15-10(7-11)8-20-22-15/h1-5,7-8,14H,6,19H2,(H,20,22)(H,21,23). The molecule has 3 rings (SSSR count). The molecule has 0 aliphatic rings. The van der Waals surface area contributed by atoms with Gasteiger partial charge >= 0.3 is 0 Å². The molecule has 1 unspecified atom stereocenters. The highest BCUT2D eigenvalue weighted by molar-refractivity contribution is 6.42. The van der Waals surface area contributed by atoms with Gasteiger partial charge in [0.15, 0.2) is 0 Å². The Hall–Kier alpha value is -2.08. The number of rotatable bonds is 4. The summed E-state index contributed by atoms with van der Waals surface area (Å²) in [7, 11) is 0. The van der Waals surface area contributed by atoms with E-state index >= 15 is 0 Å². The lowest BCUT2D eigenvalue weighted by Crippen LogP contribution is -2.37. The molecule has 118 valence electrons. The van der Waals surface area contributed by atoms with Crippen molar-refractivity contribution in [2.75, 3.05) is 5.32 Å². The van der Waals surface area contributed by atoms with Crippen molar-refractivity contribution >= 4 is 45.7 Å². The lowest BCUT2D eigenvalue weighted by molar-refractivity contribution is -0.117. The molecule has 0 aliphatic carbocycles. The second kappa shape index (κ2) is 6.58. The van der Waals surface area contributed by atoms with Crippen LogP contribution in [0, 0.1) is 0 Å². The minimum atomic E-state index is -0.688. The van der Waals surface area contributed by atoms with Gasteiger partial charge in [0.25, 0.3) is 0 Å². The van der Waals surface area contributed by atoms with E-state index in [1.165, 1.54) is 0 Å². The van der Waals surface area contributed by atoms with Gasteiger partial charge in [0, 0.05) is 11.1 Å². The Morgan fingerprint density at radius 1 is 1.22 bits per heavy atom. The molecule has 1 heterocycles. The fraction of sp³-hybridized carbons (Fsp3) is 0.125. The maximum absolute atomic E-state index is 12.2. The Balaban J connectivity index is 1.67. The van der Waals surface area contributed by atoms with E-state index in [1.807, 2.05) is 12.1 Å². The number of H-pyrrole nitrogens is 1. The zero-order valence-corrected chi connectivity index (χ0v) is 13.5. The Morgan fingerprint density at radius 2 is 2.04 bits per heavy atom. The number of benzene rings is 2. The van der Waals surface area contributed by atoms with Gasteiger partial charge in [-0.15, -0.1) is 0 Å². The van der Waals surface area contributed by atoms with Crippen LogP contribution in [-0.2, 0) is 11.2 Å². The number of nitrogens with zero attached hydrogens (tertiary/aromatic N) is 1. The Bertz CT molecular complexity index is 862. The third-order valence-electron chi connectivity index (χ3n) is 3.48. The molecule has 0 radical (unpaired) electrons. The highest BCUT2D eigenvalue weighted by Crippen LogP contribution is 2.23. The molecule has 5 nitrogen and oxygen atoms in total. The summed E-state index contributed by atoms with van der Waals surface area (Å²) in [5, 5.41) is 11.4. The molecule has 0 saturated heterocycles. The molecule has 1 amide bonds. The van der Waals surface area contributed by atoms with Crippen LogP contribution < -0.4 is 11.1 Å². The first-order valence-corrected chi connectivity index (χ1v) is 7.72. The number of anilines is 1. The van der Waals surface area contributed by atoms with Gasteiger partial charge in [-0.3, -0.25) is 9.89 Å². The molecule has 1 aromatic heterocycles. The number of hydrogen-bond donors (Lipinski definition) is 3. The maximum atomic E-state index is 12.2. The van der Waals surface area contributed by atoms with Crippen LogP contribution in [0.4, 0.5) is 5.69 Å². The van der Waals surface area contributed by atoms with Gasteiger partial charge in [-0.25, -0.2) is 0 Å². The highest BCUT2D eigenvalue weighted by Gasteiger charge is 2.15. The first-order valence-electron chi connectivity index (χ1n) is 6.96. The largest absolute Gasteiger partial charge is 0.325 e. The summed E-state index contributed by atoms with van der Waals surface area (Å²) in [5.74, 6) is -0.265. The monoisotopic (exact) mass is 348 g/mol. The SMILES string of the molecule is NC(Cc1ccc(Cl)c(Cl)c1)C(=O)Nc1ccc2[nH]ncc2c1. The number of carbonyl (C=O) groups excluding carboxylic acids is 1. The molecule has 23 heavy (non-hydrogen) atoms. The summed E-state index contributed by atoms with van der Waals surface area (Å²) in [4.78, 5) is 12.2. The van der Waals surface area contributed by atoms with Crippen LogP contribution >= 0.6 is 23.2 Å². The van der Waals surface area contributed by atoms with Crippen LogP contribution in [0.25, 0.3) is 10.9 Å². The summed E-state index contributed by atoms with van der Waals surface area (Å²) in [6.45, 7) is 0. The van der Waals surface area contributed by atoms with E-state index < -0.39 is 6.04 Å². The first kappa shape index (κ1) is 15.8. The van der Waals surface area contributed by atoms with E-state index in [1.54, 1.807) is 30.5 Å². The molecule has 3 aromatic rings. The van der Waals surface area contributed by atoms with Crippen molar-refractivity contribution < 1.29 is 4.79 Å². The molecule has 1 atom stereocenters. The Labute approximate surface area is 142 Å². The normalized spacial score (nSPS) is 12.3. The Morgan fingerprint density at radius 3 is 2.83 bits per heavy atom. The molecular weight excluding hydrogens is 335 g/mol. The van der Waals surface area contributed by atoms with Crippen LogP contribution in [0.2, 0.25) is 10.0 Å². The number of halogens is 2. The van der Waals surface area contributed by atoms with Crippen LogP contribution in [0.1, 0.15) is 5.56 Å². The minimum Gasteiger partial charge on any atom is -0.325 e. The van der Waals surface area contributed by atoms with E-state index in [4.69, 9.17) is 28.9 Å². The molecular formula is C16H14Cl2N4O. The Kier molecular flexibility index (Phi) is 4.52. The van der Waals surface area contributed by atoms with Crippen molar-refractivity contribution in [1.82, 2.24) is 10.2 Å². The van der Waals surface area contributed by atoms with Crippen molar-refractivity contribution in [3.8, 4) is 0 Å². The molecule has 0 saturated carbocycles. The van der Waals surface area contributed by atoms with Gasteiger partial charge in [0.1, 0.15) is 0 Å². The lowest BCUT2D eigenvalue weighted by Gasteiger charge is -2.13. The second-order valence-electron chi connectivity index (χ2n) is 5.22. The van der Waals surface area contributed by atoms with E-state index in [0.717, 1.165) is 16.5 Å². The highest BCUT2D eigenvalue weighted by atomic mass is 35.5. The van der Waals surface area contributed by atoms with Gasteiger partial charge in [0.05, 0.1) is 27.8 Å². The van der Waals surface area contributed by atoms with E-state index in [0.29, 0.717) is 22.2 Å². The second-order valence-corrected chi connectivity index (χ2v) is 6.03. The van der Waals surface area contributed by atoms with Crippen molar-refractivity contribution in [2.24, 2.45) is 5.73 Å². The number of nitrogens with two attached hydrogens (primary N) is 1. The summed E-state index contributed by atoms with van der Waals surface area (Å²) >= 11 is 11.8. The van der Waals surface area contributed by atoms with E-state index in [2.05, 4.69) is 15.5 Å². The molecule has 0 aliphatic heterocycles. The molecule has 4 N–H and O–H groups in total. The number of nitrogens with one attached hydrogen (secondary N) is 2. The number of fused-ring (bicyclic) bond motifs is 1. The number of aromatic amines is 1. The fourth-order valence-corrected chi connectivity index (χ4v) is 2.59. The predicted molar refractivity (Wildman–Crippen MR) is 92.9 cm³/mol. The average molecular weight is 349 g/mol. The van der Waals surface area contributed by atoms with Crippen LogP contribution in [0.15, 0.2) is 42.6 Å². The van der Waals surface area contributed by atoms with Crippen LogP contribution in [-0.4, -0.2) is 22.1 Å². The van der Waals surface area contributed by atoms with E-state index in [-0.39, 0.29) is 5.91 Å². The number of aromatic nitrogens is 2. The van der Waals surface area contributed by atoms with Gasteiger partial charge < -0.3 is 11.1 Å². The summed E-state index contributed by atoms with van der Waals surface area (Å²) in [6.07, 6.45) is 2.07. The summed E-state index contributed by atoms with van der Waals surface area (Å²) in [6, 6.07) is 10.0. The predicted octanol–water partition coefficient (Wildman–Crippen LogP) is 3.38. The van der Waals surface area contributed by atoms with Crippen molar-refractivity contribution in [3.05, 3.63) is 58.2 Å². The van der Waals surface area contributed by atoms with Crippen LogP contribution in [0.5, 0.6) is 0 Å². The zero-order chi connectivity index (χ0) is 16.4. The number of hydrogen-bond acceptors (Lipinski definition) is 3. The molecule has 0 spiro atoms. The van der Waals surface area contributed by atoms with E-state index in [9.17, 15) is 4.79 Å². The quantitative estimate of drug-likeness (QED) is 0.675. The lowest BCUT2D eigenvalue weighted by atomic mass is 10.1. The van der Waals surface area contributed by atoms with Gasteiger partial charge in [-0.05, 0) is 42.3 Å². The molecule has 2 aromatic carbocycles. The van der Waals surface area contributed by atoms with Gasteiger partial charge in [-0.1, -0.05) is 29.3 Å².